The second-order valence-corrected chi connectivity index (χ2v) is 9.55. The van der Waals surface area contributed by atoms with Gasteiger partial charge in [-0.2, -0.15) is 0 Å². The summed E-state index contributed by atoms with van der Waals surface area (Å²) in [6.45, 7) is 6.92. The number of H-pyrrole nitrogens is 1. The number of carbonyl (C=O) groups excluding carboxylic acids is 1. The molecule has 0 atom stereocenters. The fourth-order valence-corrected chi connectivity index (χ4v) is 4.48. The topological polar surface area (TPSA) is 69.8 Å². The standard InChI is InChI=1S/C25H32N4O/c1-25(2,3)18-9-5-17(6-10-18)24(30)27-19-11-7-16(8-12-19)23-28-21-14-13-20(26-4)15-22(21)29-23/h7-8,11-15,17-18,26H,5-6,9-10H2,1-4H3,(H,27,30)(H,28,29). The van der Waals surface area contributed by atoms with Crippen LogP contribution in [0.3, 0.4) is 0 Å². The maximum Gasteiger partial charge on any atom is 0.227 e. The Bertz CT molecular complexity index is 1020. The van der Waals surface area contributed by atoms with Crippen LogP contribution in [0.15, 0.2) is 42.5 Å². The Balaban J connectivity index is 1.40. The van der Waals surface area contributed by atoms with E-state index >= 15 is 0 Å². The number of hydrogen-bond acceptors (Lipinski definition) is 3. The Morgan fingerprint density at radius 1 is 1.00 bits per heavy atom. The Kier molecular flexibility index (Phi) is 5.54. The van der Waals surface area contributed by atoms with Crippen molar-refractivity contribution >= 4 is 28.3 Å². The zero-order valence-corrected chi connectivity index (χ0v) is 18.4. The summed E-state index contributed by atoms with van der Waals surface area (Å²) in [6.07, 6.45) is 4.25. The van der Waals surface area contributed by atoms with Crippen molar-refractivity contribution in [2.24, 2.45) is 17.3 Å². The number of carbonyl (C=O) groups is 1. The van der Waals surface area contributed by atoms with Crippen LogP contribution in [0.4, 0.5) is 11.4 Å². The van der Waals surface area contributed by atoms with Crippen molar-refractivity contribution in [3.8, 4) is 11.4 Å². The third-order valence-electron chi connectivity index (χ3n) is 6.52. The van der Waals surface area contributed by atoms with Gasteiger partial charge in [-0.25, -0.2) is 4.98 Å². The van der Waals surface area contributed by atoms with Gasteiger partial charge in [0.25, 0.3) is 0 Å². The molecule has 158 valence electrons. The maximum absolute atomic E-state index is 12.7. The van der Waals surface area contributed by atoms with Crippen LogP contribution in [0.1, 0.15) is 46.5 Å². The first-order valence-electron chi connectivity index (χ1n) is 10.9. The van der Waals surface area contributed by atoms with Crippen molar-refractivity contribution in [3.63, 3.8) is 0 Å². The van der Waals surface area contributed by atoms with E-state index in [1.165, 1.54) is 0 Å². The molecule has 0 spiro atoms. The van der Waals surface area contributed by atoms with Gasteiger partial charge in [0.2, 0.25) is 5.91 Å². The normalized spacial score (nSPS) is 19.6. The molecular formula is C25H32N4O. The number of hydrogen-bond donors (Lipinski definition) is 3. The Morgan fingerprint density at radius 2 is 1.67 bits per heavy atom. The third-order valence-corrected chi connectivity index (χ3v) is 6.52. The van der Waals surface area contributed by atoms with Crippen LogP contribution in [0.2, 0.25) is 0 Å². The second kappa shape index (κ2) is 8.13. The molecule has 2 aromatic carbocycles. The largest absolute Gasteiger partial charge is 0.388 e. The molecule has 3 aromatic rings. The van der Waals surface area contributed by atoms with Gasteiger partial charge in [-0.15, -0.1) is 0 Å². The number of anilines is 2. The van der Waals surface area contributed by atoms with E-state index in [0.717, 1.165) is 59.5 Å². The van der Waals surface area contributed by atoms with Crippen LogP contribution in [0.5, 0.6) is 0 Å². The molecule has 0 unspecified atom stereocenters. The van der Waals surface area contributed by atoms with E-state index in [9.17, 15) is 4.79 Å². The van der Waals surface area contributed by atoms with E-state index in [1.54, 1.807) is 0 Å². The van der Waals surface area contributed by atoms with E-state index < -0.39 is 0 Å². The molecule has 1 fully saturated rings. The molecule has 5 nitrogen and oxygen atoms in total. The first-order valence-corrected chi connectivity index (χ1v) is 10.9. The number of nitrogens with zero attached hydrogens (tertiary/aromatic N) is 1. The zero-order valence-electron chi connectivity index (χ0n) is 18.4. The van der Waals surface area contributed by atoms with Crippen LogP contribution in [-0.4, -0.2) is 22.9 Å². The number of fused-ring (bicyclic) bond motifs is 1. The van der Waals surface area contributed by atoms with Gasteiger partial charge in [0.15, 0.2) is 0 Å². The van der Waals surface area contributed by atoms with Crippen molar-refractivity contribution in [3.05, 3.63) is 42.5 Å². The zero-order chi connectivity index (χ0) is 21.3. The van der Waals surface area contributed by atoms with Crippen molar-refractivity contribution < 1.29 is 4.79 Å². The molecule has 1 aliphatic rings. The van der Waals surface area contributed by atoms with Gasteiger partial charge < -0.3 is 15.6 Å². The summed E-state index contributed by atoms with van der Waals surface area (Å²) < 4.78 is 0. The smallest absolute Gasteiger partial charge is 0.227 e. The lowest BCUT2D eigenvalue weighted by atomic mass is 9.69. The summed E-state index contributed by atoms with van der Waals surface area (Å²) in [7, 11) is 1.90. The lowest BCUT2D eigenvalue weighted by Crippen LogP contribution is -2.31. The molecular weight excluding hydrogens is 372 g/mol. The van der Waals surface area contributed by atoms with Crippen LogP contribution in [-0.2, 0) is 4.79 Å². The fraction of sp³-hybridized carbons (Fsp3) is 0.440. The summed E-state index contributed by atoms with van der Waals surface area (Å²) in [5.41, 5.74) is 5.17. The van der Waals surface area contributed by atoms with Gasteiger partial charge >= 0.3 is 0 Å². The summed E-state index contributed by atoms with van der Waals surface area (Å²) in [5, 5.41) is 6.25. The maximum atomic E-state index is 12.7. The molecule has 0 aliphatic heterocycles. The number of aromatic nitrogens is 2. The molecule has 1 saturated carbocycles. The number of aromatic amines is 1. The molecule has 0 bridgehead atoms. The molecule has 0 saturated heterocycles. The van der Waals surface area contributed by atoms with Gasteiger partial charge in [-0.3, -0.25) is 4.79 Å². The van der Waals surface area contributed by atoms with E-state index in [2.05, 4.69) is 47.4 Å². The number of benzene rings is 2. The molecule has 4 rings (SSSR count). The number of rotatable bonds is 4. The highest BCUT2D eigenvalue weighted by Crippen LogP contribution is 2.40. The number of imidazole rings is 1. The minimum atomic E-state index is 0.125. The molecule has 30 heavy (non-hydrogen) atoms. The average Bonchev–Trinajstić information content (AvgIpc) is 3.17. The lowest BCUT2D eigenvalue weighted by Gasteiger charge is -2.36. The van der Waals surface area contributed by atoms with Gasteiger partial charge in [0.1, 0.15) is 5.82 Å². The monoisotopic (exact) mass is 404 g/mol. The second-order valence-electron chi connectivity index (χ2n) is 9.55. The van der Waals surface area contributed by atoms with Crippen molar-refractivity contribution in [2.45, 2.75) is 46.5 Å². The first kappa shape index (κ1) is 20.5. The predicted octanol–water partition coefficient (Wildman–Crippen LogP) is 6.06. The van der Waals surface area contributed by atoms with Gasteiger partial charge in [-0.05, 0) is 79.5 Å². The average molecular weight is 405 g/mol. The summed E-state index contributed by atoms with van der Waals surface area (Å²) >= 11 is 0. The van der Waals surface area contributed by atoms with Gasteiger partial charge in [-0.1, -0.05) is 20.8 Å². The first-order chi connectivity index (χ1) is 14.3. The lowest BCUT2D eigenvalue weighted by molar-refractivity contribution is -0.121. The van der Waals surface area contributed by atoms with Crippen molar-refractivity contribution in [2.75, 3.05) is 17.7 Å². The molecule has 1 aromatic heterocycles. The minimum absolute atomic E-state index is 0.125. The molecule has 0 radical (unpaired) electrons. The van der Waals surface area contributed by atoms with E-state index in [-0.39, 0.29) is 11.8 Å². The Hall–Kier alpha value is -2.82. The Morgan fingerprint density at radius 3 is 2.30 bits per heavy atom. The van der Waals surface area contributed by atoms with Gasteiger partial charge in [0, 0.05) is 29.9 Å². The van der Waals surface area contributed by atoms with Crippen LogP contribution in [0, 0.1) is 17.3 Å². The highest BCUT2D eigenvalue weighted by molar-refractivity contribution is 5.93. The number of amides is 1. The third kappa shape index (κ3) is 4.35. The van der Waals surface area contributed by atoms with Gasteiger partial charge in [0.05, 0.1) is 11.0 Å². The quantitative estimate of drug-likeness (QED) is 0.495. The van der Waals surface area contributed by atoms with Crippen LogP contribution in [0.25, 0.3) is 22.4 Å². The van der Waals surface area contributed by atoms with Crippen molar-refractivity contribution in [1.29, 1.82) is 0 Å². The van der Waals surface area contributed by atoms with Crippen LogP contribution >= 0.6 is 0 Å². The fourth-order valence-electron chi connectivity index (χ4n) is 4.48. The van der Waals surface area contributed by atoms with Crippen LogP contribution < -0.4 is 10.6 Å². The molecule has 3 N–H and O–H groups in total. The molecule has 5 heteroatoms. The van der Waals surface area contributed by atoms with E-state index in [4.69, 9.17) is 0 Å². The number of nitrogens with one attached hydrogen (secondary N) is 3. The van der Waals surface area contributed by atoms with E-state index in [1.807, 2.05) is 43.4 Å². The highest BCUT2D eigenvalue weighted by atomic mass is 16.1. The van der Waals surface area contributed by atoms with E-state index in [0.29, 0.717) is 11.3 Å². The summed E-state index contributed by atoms with van der Waals surface area (Å²) in [5.74, 6) is 1.82. The highest BCUT2D eigenvalue weighted by Gasteiger charge is 2.32. The SMILES string of the molecule is CNc1ccc2nc(-c3ccc(NC(=O)C4CCC(C(C)(C)C)CC4)cc3)[nH]c2c1. The van der Waals surface area contributed by atoms with Crippen molar-refractivity contribution in [1.82, 2.24) is 9.97 Å². The Labute approximate surface area is 178 Å². The molecule has 1 heterocycles. The molecule has 1 amide bonds. The minimum Gasteiger partial charge on any atom is -0.388 e. The predicted molar refractivity (Wildman–Crippen MR) is 125 cm³/mol. The molecule has 1 aliphatic carbocycles. The summed E-state index contributed by atoms with van der Waals surface area (Å²) in [4.78, 5) is 20.8. The summed E-state index contributed by atoms with van der Waals surface area (Å²) in [6, 6.07) is 14.0.